The Morgan fingerprint density at radius 2 is 1.15 bits per heavy atom. The zero-order valence-electron chi connectivity index (χ0n) is 34.4. The van der Waals surface area contributed by atoms with Crippen LogP contribution in [-0.2, 0) is 32.7 Å². The minimum Gasteiger partial charge on any atom is -0.756 e. The lowest BCUT2D eigenvalue weighted by Crippen LogP contribution is -2.37. The lowest BCUT2D eigenvalue weighted by molar-refractivity contribution is -0.870. The number of esters is 2. The zero-order valence-corrected chi connectivity index (χ0v) is 35.3. The van der Waals surface area contributed by atoms with Crippen molar-refractivity contribution in [1.82, 2.24) is 0 Å². The molecule has 0 saturated heterocycles. The molecule has 54 heavy (non-hydrogen) atoms. The van der Waals surface area contributed by atoms with Gasteiger partial charge in [-0.1, -0.05) is 131 Å². The molecule has 0 aliphatic rings. The van der Waals surface area contributed by atoms with Gasteiger partial charge in [0.2, 0.25) is 0 Å². The molecule has 9 nitrogen and oxygen atoms in total. The van der Waals surface area contributed by atoms with Crippen molar-refractivity contribution in [2.24, 2.45) is 0 Å². The molecule has 0 N–H and O–H groups in total. The second-order valence-electron chi connectivity index (χ2n) is 14.3. The van der Waals surface area contributed by atoms with Gasteiger partial charge in [0.05, 0.1) is 27.7 Å². The minimum atomic E-state index is -4.64. The summed E-state index contributed by atoms with van der Waals surface area (Å²) in [7, 11) is 1.10. The van der Waals surface area contributed by atoms with E-state index in [-0.39, 0.29) is 26.1 Å². The monoisotopic (exact) mass is 776 g/mol. The second kappa shape index (κ2) is 35.9. The summed E-state index contributed by atoms with van der Waals surface area (Å²) < 4.78 is 33.7. The van der Waals surface area contributed by atoms with Gasteiger partial charge in [0.15, 0.2) is 6.10 Å². The van der Waals surface area contributed by atoms with Crippen LogP contribution in [0.25, 0.3) is 0 Å². The lowest BCUT2D eigenvalue weighted by atomic mass is 10.1. The maximum atomic E-state index is 12.6. The fraction of sp³-hybridized carbons (Fsp3) is 0.636. The Morgan fingerprint density at radius 3 is 1.78 bits per heavy atom. The maximum Gasteiger partial charge on any atom is 0.306 e. The third-order valence-corrected chi connectivity index (χ3v) is 8.92. The fourth-order valence-electron chi connectivity index (χ4n) is 4.76. The molecule has 308 valence electrons. The number of quaternary nitrogens is 1. The number of likely N-dealkylation sites (N-methyl/N-ethyl adjacent to an activating group) is 1. The van der Waals surface area contributed by atoms with Crippen LogP contribution in [0.4, 0.5) is 0 Å². The van der Waals surface area contributed by atoms with Gasteiger partial charge in [-0.15, -0.1) is 0 Å². The predicted octanol–water partition coefficient (Wildman–Crippen LogP) is 10.6. The van der Waals surface area contributed by atoms with Crippen LogP contribution in [0, 0.1) is 0 Å². The van der Waals surface area contributed by atoms with Gasteiger partial charge in [-0.25, -0.2) is 0 Å². The van der Waals surface area contributed by atoms with Crippen LogP contribution < -0.4 is 4.89 Å². The average Bonchev–Trinajstić information content (AvgIpc) is 3.12. The van der Waals surface area contributed by atoms with Gasteiger partial charge < -0.3 is 27.9 Å². The number of nitrogens with zero attached hydrogens (tertiary/aromatic N) is 1. The standard InChI is InChI=1S/C44H74NO8P/c1-6-8-10-12-14-16-18-20-21-22-23-25-26-28-30-32-34-36-43(46)50-40-42(41-52-54(48,49)51-39-38-45(3,4)5)53-44(47)37-35-33-31-29-27-24-19-17-15-13-11-9-7-2/h9,11,13-17,19-21,23,25,28,30,42H,6-8,10,12,18,22,24,26-27,29,31-41H2,1-5H3/b11-9+,15-13+,16-14+,19-17+,21-20+,25-23+,30-28+. The van der Waals surface area contributed by atoms with Crippen molar-refractivity contribution in [3.63, 3.8) is 0 Å². The van der Waals surface area contributed by atoms with Crippen molar-refractivity contribution in [1.29, 1.82) is 0 Å². The molecule has 0 amide bonds. The Balaban J connectivity index is 4.55. The minimum absolute atomic E-state index is 0.0485. The molecule has 2 atom stereocenters. The lowest BCUT2D eigenvalue weighted by Gasteiger charge is -2.28. The molecule has 0 spiro atoms. The first kappa shape index (κ1) is 51.2. The van der Waals surface area contributed by atoms with Gasteiger partial charge >= 0.3 is 11.9 Å². The normalized spacial score (nSPS) is 14.6. The van der Waals surface area contributed by atoms with Gasteiger partial charge in [0.25, 0.3) is 7.82 Å². The number of phosphoric acid groups is 1. The molecule has 0 fully saturated rings. The van der Waals surface area contributed by atoms with E-state index in [0.29, 0.717) is 23.9 Å². The van der Waals surface area contributed by atoms with Crippen molar-refractivity contribution >= 4 is 19.8 Å². The number of ether oxygens (including phenoxy) is 2. The van der Waals surface area contributed by atoms with E-state index in [1.807, 2.05) is 45.4 Å². The van der Waals surface area contributed by atoms with Gasteiger partial charge in [0, 0.05) is 12.8 Å². The number of rotatable bonds is 35. The quantitative estimate of drug-likeness (QED) is 0.0156. The Kier molecular flexibility index (Phi) is 34.0. The first-order valence-electron chi connectivity index (χ1n) is 20.3. The van der Waals surface area contributed by atoms with Crippen molar-refractivity contribution in [2.45, 2.75) is 136 Å². The highest BCUT2D eigenvalue weighted by Crippen LogP contribution is 2.38. The summed E-state index contributed by atoms with van der Waals surface area (Å²) in [5.74, 6) is -0.936. The molecule has 2 unspecified atom stereocenters. The van der Waals surface area contributed by atoms with Crippen LogP contribution in [0.3, 0.4) is 0 Å². The number of hydrogen-bond acceptors (Lipinski definition) is 8. The first-order chi connectivity index (χ1) is 26.0. The van der Waals surface area contributed by atoms with Crippen LogP contribution in [-0.4, -0.2) is 70.0 Å². The Hall–Kier alpha value is -2.81. The third kappa shape index (κ3) is 38.9. The summed E-state index contributed by atoms with van der Waals surface area (Å²) in [6.07, 6.45) is 44.8. The molecule has 0 aromatic rings. The summed E-state index contributed by atoms with van der Waals surface area (Å²) in [4.78, 5) is 37.4. The van der Waals surface area contributed by atoms with E-state index < -0.39 is 32.5 Å². The molecular formula is C44H74NO8P. The van der Waals surface area contributed by atoms with Crippen LogP contribution in [0.15, 0.2) is 85.1 Å². The Bertz CT molecular complexity index is 1200. The SMILES string of the molecule is CC/C=C/C=C/C=C/CCCCCCCC(=O)OC(COC(=O)CCC/C=C/C/C=C/C/C=C/C/C=C/CCCCC)COP(=O)([O-])OCC[N+](C)(C)C. The predicted molar refractivity (Wildman–Crippen MR) is 222 cm³/mol. The number of allylic oxidation sites excluding steroid dienone is 14. The summed E-state index contributed by atoms with van der Waals surface area (Å²) >= 11 is 0. The summed E-state index contributed by atoms with van der Waals surface area (Å²) in [6, 6.07) is 0. The van der Waals surface area contributed by atoms with Crippen LogP contribution >= 0.6 is 7.82 Å². The molecule has 10 heteroatoms. The van der Waals surface area contributed by atoms with Gasteiger partial charge in [-0.05, 0) is 70.6 Å². The molecule has 0 bridgehead atoms. The highest BCUT2D eigenvalue weighted by molar-refractivity contribution is 7.45. The summed E-state index contributed by atoms with van der Waals surface area (Å²) in [5, 5.41) is 0. The van der Waals surface area contributed by atoms with Crippen molar-refractivity contribution < 1.29 is 42.1 Å². The zero-order chi connectivity index (χ0) is 40.0. The van der Waals surface area contributed by atoms with E-state index in [4.69, 9.17) is 18.5 Å². The van der Waals surface area contributed by atoms with E-state index in [0.717, 1.165) is 64.2 Å². The summed E-state index contributed by atoms with van der Waals surface area (Å²) in [6.45, 7) is 3.94. The van der Waals surface area contributed by atoms with Crippen molar-refractivity contribution in [3.8, 4) is 0 Å². The molecule has 0 aliphatic carbocycles. The average molecular weight is 776 g/mol. The van der Waals surface area contributed by atoms with E-state index in [2.05, 4.69) is 74.6 Å². The van der Waals surface area contributed by atoms with Crippen molar-refractivity contribution in [3.05, 3.63) is 85.1 Å². The topological polar surface area (TPSA) is 111 Å². The Morgan fingerprint density at radius 1 is 0.611 bits per heavy atom. The molecule has 0 rings (SSSR count). The molecule has 0 heterocycles. The third-order valence-electron chi connectivity index (χ3n) is 7.96. The molecular weight excluding hydrogens is 701 g/mol. The van der Waals surface area contributed by atoms with Gasteiger partial charge in [-0.3, -0.25) is 14.2 Å². The molecule has 0 saturated carbocycles. The van der Waals surface area contributed by atoms with Crippen LogP contribution in [0.5, 0.6) is 0 Å². The number of unbranched alkanes of at least 4 members (excludes halogenated alkanes) is 9. The highest BCUT2D eigenvalue weighted by atomic mass is 31.2. The van der Waals surface area contributed by atoms with Gasteiger partial charge in [0.1, 0.15) is 19.8 Å². The largest absolute Gasteiger partial charge is 0.756 e. The second-order valence-corrected chi connectivity index (χ2v) is 15.7. The van der Waals surface area contributed by atoms with E-state index >= 15 is 0 Å². The van der Waals surface area contributed by atoms with E-state index in [1.165, 1.54) is 25.7 Å². The number of carbonyl (C=O) groups excluding carboxylic acids is 2. The number of phosphoric ester groups is 1. The van der Waals surface area contributed by atoms with Crippen LogP contribution in [0.2, 0.25) is 0 Å². The summed E-state index contributed by atoms with van der Waals surface area (Å²) in [5.41, 5.74) is 0. The smallest absolute Gasteiger partial charge is 0.306 e. The van der Waals surface area contributed by atoms with Crippen LogP contribution in [0.1, 0.15) is 129 Å². The number of hydrogen-bond donors (Lipinski definition) is 0. The molecule has 0 radical (unpaired) electrons. The molecule has 0 aromatic carbocycles. The van der Waals surface area contributed by atoms with E-state index in [9.17, 15) is 19.0 Å². The van der Waals surface area contributed by atoms with Crippen molar-refractivity contribution in [2.75, 3.05) is 47.5 Å². The van der Waals surface area contributed by atoms with E-state index in [1.54, 1.807) is 0 Å². The Labute approximate surface area is 329 Å². The van der Waals surface area contributed by atoms with Gasteiger partial charge in [-0.2, -0.15) is 0 Å². The number of carbonyl (C=O) groups is 2. The molecule has 0 aromatic heterocycles. The highest BCUT2D eigenvalue weighted by Gasteiger charge is 2.21. The maximum absolute atomic E-state index is 12.6. The molecule has 0 aliphatic heterocycles. The first-order valence-corrected chi connectivity index (χ1v) is 21.8. The fourth-order valence-corrected chi connectivity index (χ4v) is 5.49.